The minimum atomic E-state index is 0. The Morgan fingerprint density at radius 1 is 1.35 bits per heavy atom. The van der Waals surface area contributed by atoms with Gasteiger partial charge in [0.25, 0.3) is 0 Å². The van der Waals surface area contributed by atoms with E-state index < -0.39 is 0 Å². The van der Waals surface area contributed by atoms with Gasteiger partial charge in [0.05, 0.1) is 25.1 Å². The molecule has 0 radical (unpaired) electrons. The van der Waals surface area contributed by atoms with Gasteiger partial charge in [-0.1, -0.05) is 5.16 Å². The van der Waals surface area contributed by atoms with Crippen molar-refractivity contribution in [2.45, 2.75) is 33.2 Å². The van der Waals surface area contributed by atoms with Crippen molar-refractivity contribution in [2.24, 2.45) is 10.9 Å². The summed E-state index contributed by atoms with van der Waals surface area (Å²) in [6.07, 6.45) is 3.60. The van der Waals surface area contributed by atoms with E-state index in [2.05, 4.69) is 15.8 Å². The lowest BCUT2D eigenvalue weighted by molar-refractivity contribution is 0.186. The van der Waals surface area contributed by atoms with Crippen molar-refractivity contribution in [3.05, 3.63) is 41.2 Å². The Morgan fingerprint density at radius 3 is 2.88 bits per heavy atom. The van der Waals surface area contributed by atoms with Gasteiger partial charge in [0, 0.05) is 37.6 Å². The van der Waals surface area contributed by atoms with E-state index in [0.29, 0.717) is 12.5 Å². The molecule has 0 aliphatic carbocycles. The highest BCUT2D eigenvalue weighted by atomic mass is 127. The number of nitrogens with one attached hydrogen (secondary N) is 2. The third kappa shape index (κ3) is 6.01. The first-order chi connectivity index (χ1) is 12.2. The molecule has 0 bridgehead atoms. The number of aliphatic imine (C=N–C) groups is 1. The average Bonchev–Trinajstić information content (AvgIpc) is 3.35. The number of guanidine groups is 1. The zero-order valence-electron chi connectivity index (χ0n) is 15.3. The topological polar surface area (TPSA) is 84.8 Å². The Morgan fingerprint density at radius 2 is 2.23 bits per heavy atom. The van der Waals surface area contributed by atoms with Crippen LogP contribution in [0.4, 0.5) is 0 Å². The molecule has 1 saturated heterocycles. The van der Waals surface area contributed by atoms with Gasteiger partial charge in [0.1, 0.15) is 11.5 Å². The van der Waals surface area contributed by atoms with Gasteiger partial charge in [0.15, 0.2) is 5.96 Å². The summed E-state index contributed by atoms with van der Waals surface area (Å²) in [5.74, 6) is 3.11. The van der Waals surface area contributed by atoms with Gasteiger partial charge in [-0.3, -0.25) is 0 Å². The molecule has 0 saturated carbocycles. The number of ether oxygens (including phenoxy) is 1. The first kappa shape index (κ1) is 20.8. The summed E-state index contributed by atoms with van der Waals surface area (Å²) >= 11 is 0. The van der Waals surface area contributed by atoms with Crippen molar-refractivity contribution in [3.8, 4) is 0 Å². The van der Waals surface area contributed by atoms with Gasteiger partial charge in [-0.15, -0.1) is 24.0 Å². The molecule has 1 atom stereocenters. The molecule has 26 heavy (non-hydrogen) atoms. The molecule has 2 N–H and O–H groups in total. The molecular formula is C18H27IN4O3. The van der Waals surface area contributed by atoms with Crippen LogP contribution in [0.1, 0.15) is 29.2 Å². The molecule has 1 aliphatic heterocycles. The van der Waals surface area contributed by atoms with E-state index in [0.717, 1.165) is 67.9 Å². The molecule has 3 rings (SSSR count). The monoisotopic (exact) mass is 474 g/mol. The van der Waals surface area contributed by atoms with Crippen molar-refractivity contribution < 1.29 is 13.7 Å². The molecule has 0 amide bonds. The van der Waals surface area contributed by atoms with E-state index in [9.17, 15) is 0 Å². The van der Waals surface area contributed by atoms with Crippen LogP contribution in [-0.2, 0) is 17.7 Å². The second-order valence-electron chi connectivity index (χ2n) is 6.33. The minimum Gasteiger partial charge on any atom is -0.469 e. The number of aromatic nitrogens is 1. The molecule has 2 aromatic heterocycles. The largest absolute Gasteiger partial charge is 0.469 e. The maximum absolute atomic E-state index is 5.44. The quantitative estimate of drug-likeness (QED) is 0.365. The van der Waals surface area contributed by atoms with Crippen LogP contribution in [0.5, 0.6) is 0 Å². The Hall–Kier alpha value is -1.55. The van der Waals surface area contributed by atoms with Gasteiger partial charge in [-0.05, 0) is 32.4 Å². The van der Waals surface area contributed by atoms with E-state index in [4.69, 9.17) is 18.7 Å². The maximum atomic E-state index is 5.44. The van der Waals surface area contributed by atoms with Crippen molar-refractivity contribution in [1.29, 1.82) is 0 Å². The van der Waals surface area contributed by atoms with Crippen LogP contribution < -0.4 is 10.6 Å². The van der Waals surface area contributed by atoms with E-state index in [-0.39, 0.29) is 24.0 Å². The van der Waals surface area contributed by atoms with E-state index in [1.54, 1.807) is 6.26 Å². The lowest BCUT2D eigenvalue weighted by Gasteiger charge is -2.15. The first-order valence-corrected chi connectivity index (χ1v) is 8.76. The molecule has 1 unspecified atom stereocenters. The minimum absolute atomic E-state index is 0. The Bertz CT molecular complexity index is 659. The van der Waals surface area contributed by atoms with Crippen LogP contribution in [-0.4, -0.2) is 37.4 Å². The predicted molar refractivity (Wildman–Crippen MR) is 110 cm³/mol. The lowest BCUT2D eigenvalue weighted by atomic mass is 10.1. The van der Waals surface area contributed by atoms with Gasteiger partial charge in [-0.2, -0.15) is 0 Å². The molecule has 0 spiro atoms. The van der Waals surface area contributed by atoms with Crippen LogP contribution in [0.25, 0.3) is 0 Å². The van der Waals surface area contributed by atoms with Crippen molar-refractivity contribution in [1.82, 2.24) is 15.8 Å². The van der Waals surface area contributed by atoms with Crippen LogP contribution in [0.2, 0.25) is 0 Å². The standard InChI is InChI=1S/C18H26N4O3.HI/c1-13-17(14(2)25-22-13)11-21-18(20-10-15-6-9-23-12-15)19-7-5-16-4-3-8-24-16;/h3-4,8,15H,5-7,9-12H2,1-2H3,(H2,19,20,21);1H. The fourth-order valence-electron chi connectivity index (χ4n) is 2.80. The second kappa shape index (κ2) is 10.6. The summed E-state index contributed by atoms with van der Waals surface area (Å²) in [4.78, 5) is 4.69. The van der Waals surface area contributed by atoms with Crippen LogP contribution in [0, 0.1) is 19.8 Å². The molecule has 8 heteroatoms. The predicted octanol–water partition coefficient (Wildman–Crippen LogP) is 2.82. The third-order valence-electron chi connectivity index (χ3n) is 4.40. The molecule has 3 heterocycles. The van der Waals surface area contributed by atoms with Crippen molar-refractivity contribution in [3.63, 3.8) is 0 Å². The van der Waals surface area contributed by atoms with Crippen LogP contribution in [0.15, 0.2) is 32.3 Å². The second-order valence-corrected chi connectivity index (χ2v) is 6.33. The zero-order valence-corrected chi connectivity index (χ0v) is 17.6. The van der Waals surface area contributed by atoms with Gasteiger partial charge in [-0.25, -0.2) is 4.99 Å². The van der Waals surface area contributed by atoms with Crippen molar-refractivity contribution >= 4 is 29.9 Å². The average molecular weight is 474 g/mol. The molecule has 1 fully saturated rings. The van der Waals surface area contributed by atoms with E-state index in [1.807, 2.05) is 26.0 Å². The highest BCUT2D eigenvalue weighted by molar-refractivity contribution is 14.0. The van der Waals surface area contributed by atoms with Crippen LogP contribution >= 0.6 is 24.0 Å². The third-order valence-corrected chi connectivity index (χ3v) is 4.40. The Labute approximate surface area is 171 Å². The number of halogens is 1. The first-order valence-electron chi connectivity index (χ1n) is 8.76. The summed E-state index contributed by atoms with van der Waals surface area (Å²) < 4.78 is 16.0. The molecule has 2 aromatic rings. The lowest BCUT2D eigenvalue weighted by Crippen LogP contribution is -2.41. The molecule has 144 valence electrons. The Kier molecular flexibility index (Phi) is 8.43. The van der Waals surface area contributed by atoms with Crippen molar-refractivity contribution in [2.75, 3.05) is 26.3 Å². The maximum Gasteiger partial charge on any atom is 0.191 e. The van der Waals surface area contributed by atoms with E-state index >= 15 is 0 Å². The molecular weight excluding hydrogens is 447 g/mol. The fourth-order valence-corrected chi connectivity index (χ4v) is 2.80. The fraction of sp³-hybridized carbons (Fsp3) is 0.556. The molecule has 1 aliphatic rings. The number of rotatable bonds is 7. The highest BCUT2D eigenvalue weighted by Gasteiger charge is 2.16. The summed E-state index contributed by atoms with van der Waals surface area (Å²) in [7, 11) is 0. The summed E-state index contributed by atoms with van der Waals surface area (Å²) in [5, 5.41) is 10.8. The summed E-state index contributed by atoms with van der Waals surface area (Å²) in [5.41, 5.74) is 1.93. The molecule has 0 aromatic carbocycles. The SMILES string of the molecule is Cc1noc(C)c1CN=C(NCCc1ccco1)NCC1CCOC1.I. The number of hydrogen-bond donors (Lipinski definition) is 2. The zero-order chi connectivity index (χ0) is 17.5. The normalized spacial score (nSPS) is 17.2. The number of furan rings is 1. The number of hydrogen-bond acceptors (Lipinski definition) is 5. The van der Waals surface area contributed by atoms with Gasteiger partial charge >= 0.3 is 0 Å². The van der Waals surface area contributed by atoms with Crippen LogP contribution in [0.3, 0.4) is 0 Å². The molecule has 7 nitrogen and oxygen atoms in total. The van der Waals surface area contributed by atoms with Gasteiger partial charge in [0.2, 0.25) is 0 Å². The Balaban J connectivity index is 0.00000243. The van der Waals surface area contributed by atoms with Gasteiger partial charge < -0.3 is 24.3 Å². The highest BCUT2D eigenvalue weighted by Crippen LogP contribution is 2.13. The summed E-state index contributed by atoms with van der Waals surface area (Å²) in [6, 6.07) is 3.88. The van der Waals surface area contributed by atoms with E-state index in [1.165, 1.54) is 0 Å². The smallest absolute Gasteiger partial charge is 0.191 e. The summed E-state index contributed by atoms with van der Waals surface area (Å²) in [6.45, 7) is 7.67. The number of nitrogens with zero attached hydrogens (tertiary/aromatic N) is 2. The number of aryl methyl sites for hydroxylation is 2.